The Labute approximate surface area is 154 Å². The quantitative estimate of drug-likeness (QED) is 0.728. The lowest BCUT2D eigenvalue weighted by Crippen LogP contribution is -2.32. The van der Waals surface area contributed by atoms with E-state index in [-0.39, 0.29) is 29.7 Å². The highest BCUT2D eigenvalue weighted by atomic mass is 32.2. The van der Waals surface area contributed by atoms with E-state index in [4.69, 9.17) is 4.74 Å². The minimum Gasteiger partial charge on any atom is -0.466 e. The standard InChI is InChI=1S/C18H26N2O5S/c1-2-25-17(21)11-12-19-18(22)15-7-9-16(10-8-15)26(23,24)20-13-5-3-4-6-14-20/h7-10H,2-6,11-14H2,1H3,(H,19,22). The minimum absolute atomic E-state index is 0.0982. The van der Waals surface area contributed by atoms with Crippen LogP contribution in [0.5, 0.6) is 0 Å². The second-order valence-electron chi connectivity index (χ2n) is 6.15. The van der Waals surface area contributed by atoms with Gasteiger partial charge in [0.15, 0.2) is 0 Å². The highest BCUT2D eigenvalue weighted by Gasteiger charge is 2.25. The van der Waals surface area contributed by atoms with Crippen molar-refractivity contribution in [3.63, 3.8) is 0 Å². The number of carbonyl (C=O) groups excluding carboxylic acids is 2. The summed E-state index contributed by atoms with van der Waals surface area (Å²) in [5, 5.41) is 2.62. The average Bonchev–Trinajstić information content (AvgIpc) is 2.92. The van der Waals surface area contributed by atoms with Crippen LogP contribution in [0.3, 0.4) is 0 Å². The number of esters is 1. The van der Waals surface area contributed by atoms with E-state index in [1.165, 1.54) is 28.6 Å². The van der Waals surface area contributed by atoms with E-state index in [9.17, 15) is 18.0 Å². The second-order valence-corrected chi connectivity index (χ2v) is 8.09. The average molecular weight is 382 g/mol. The highest BCUT2D eigenvalue weighted by Crippen LogP contribution is 2.20. The number of sulfonamides is 1. The van der Waals surface area contributed by atoms with Gasteiger partial charge in [-0.15, -0.1) is 0 Å². The number of ether oxygens (including phenoxy) is 1. The summed E-state index contributed by atoms with van der Waals surface area (Å²) in [7, 11) is -3.52. The van der Waals surface area contributed by atoms with Crippen LogP contribution in [0.4, 0.5) is 0 Å². The van der Waals surface area contributed by atoms with Gasteiger partial charge in [-0.3, -0.25) is 9.59 Å². The Bertz CT molecular complexity index is 708. The SMILES string of the molecule is CCOC(=O)CCNC(=O)c1ccc(S(=O)(=O)N2CCCCCC2)cc1. The van der Waals surface area contributed by atoms with Gasteiger partial charge in [-0.25, -0.2) is 8.42 Å². The van der Waals surface area contributed by atoms with Gasteiger partial charge in [0, 0.05) is 25.2 Å². The summed E-state index contributed by atoms with van der Waals surface area (Å²) in [5.74, 6) is -0.722. The molecule has 0 aromatic heterocycles. The van der Waals surface area contributed by atoms with E-state index in [1.807, 2.05) is 0 Å². The molecule has 0 saturated carbocycles. The van der Waals surface area contributed by atoms with Crippen LogP contribution >= 0.6 is 0 Å². The van der Waals surface area contributed by atoms with Crippen LogP contribution in [0.15, 0.2) is 29.2 Å². The molecule has 1 aliphatic heterocycles. The number of nitrogens with zero attached hydrogens (tertiary/aromatic N) is 1. The molecule has 1 saturated heterocycles. The van der Waals surface area contributed by atoms with Crippen molar-refractivity contribution in [3.8, 4) is 0 Å². The van der Waals surface area contributed by atoms with Crippen molar-refractivity contribution in [2.75, 3.05) is 26.2 Å². The summed E-state index contributed by atoms with van der Waals surface area (Å²) in [4.78, 5) is 23.5. The van der Waals surface area contributed by atoms with Crippen molar-refractivity contribution in [1.29, 1.82) is 0 Å². The lowest BCUT2D eigenvalue weighted by molar-refractivity contribution is -0.142. The Morgan fingerprint density at radius 3 is 2.27 bits per heavy atom. The Morgan fingerprint density at radius 1 is 1.08 bits per heavy atom. The number of amides is 1. The predicted octanol–water partition coefficient (Wildman–Crippen LogP) is 1.93. The van der Waals surface area contributed by atoms with E-state index < -0.39 is 10.0 Å². The van der Waals surface area contributed by atoms with E-state index >= 15 is 0 Å². The molecule has 1 aliphatic rings. The van der Waals surface area contributed by atoms with Gasteiger partial charge in [-0.2, -0.15) is 4.31 Å². The molecular weight excluding hydrogens is 356 g/mol. The summed E-state index contributed by atoms with van der Waals surface area (Å²) in [6, 6.07) is 5.90. The minimum atomic E-state index is -3.52. The van der Waals surface area contributed by atoms with Gasteiger partial charge in [0.1, 0.15) is 0 Å². The zero-order chi connectivity index (χ0) is 19.0. The van der Waals surface area contributed by atoms with Crippen LogP contribution in [0.1, 0.15) is 49.4 Å². The first-order chi connectivity index (χ1) is 12.4. The maximum absolute atomic E-state index is 12.7. The van der Waals surface area contributed by atoms with Crippen molar-refractivity contribution in [1.82, 2.24) is 9.62 Å². The third kappa shape index (κ3) is 5.54. The Hall–Kier alpha value is -1.93. The number of nitrogens with one attached hydrogen (secondary N) is 1. The maximum Gasteiger partial charge on any atom is 0.307 e. The van der Waals surface area contributed by atoms with E-state index in [0.29, 0.717) is 25.3 Å². The van der Waals surface area contributed by atoms with Gasteiger partial charge >= 0.3 is 5.97 Å². The molecule has 1 aromatic carbocycles. The monoisotopic (exact) mass is 382 g/mol. The number of hydrogen-bond donors (Lipinski definition) is 1. The van der Waals surface area contributed by atoms with Crippen molar-refractivity contribution >= 4 is 21.9 Å². The number of carbonyl (C=O) groups is 2. The van der Waals surface area contributed by atoms with Crippen LogP contribution in [-0.2, 0) is 19.6 Å². The molecule has 0 spiro atoms. The van der Waals surface area contributed by atoms with Crippen molar-refractivity contribution < 1.29 is 22.7 Å². The van der Waals surface area contributed by atoms with Gasteiger partial charge in [-0.1, -0.05) is 12.8 Å². The van der Waals surface area contributed by atoms with Crippen molar-refractivity contribution in [2.45, 2.75) is 43.9 Å². The van der Waals surface area contributed by atoms with Gasteiger partial charge in [-0.05, 0) is 44.0 Å². The zero-order valence-corrected chi connectivity index (χ0v) is 15.9. The molecule has 144 valence electrons. The number of hydrogen-bond acceptors (Lipinski definition) is 5. The Balaban J connectivity index is 1.96. The van der Waals surface area contributed by atoms with Gasteiger partial charge < -0.3 is 10.1 Å². The summed E-state index contributed by atoms with van der Waals surface area (Å²) in [5.41, 5.74) is 0.351. The molecule has 8 heteroatoms. The zero-order valence-electron chi connectivity index (χ0n) is 15.1. The van der Waals surface area contributed by atoms with Crippen LogP contribution < -0.4 is 5.32 Å². The lowest BCUT2D eigenvalue weighted by Gasteiger charge is -2.20. The fourth-order valence-electron chi connectivity index (χ4n) is 2.82. The highest BCUT2D eigenvalue weighted by molar-refractivity contribution is 7.89. The first-order valence-electron chi connectivity index (χ1n) is 8.99. The van der Waals surface area contributed by atoms with Crippen LogP contribution in [0.25, 0.3) is 0 Å². The normalized spacial score (nSPS) is 15.9. The molecule has 0 unspecified atom stereocenters. The molecule has 2 rings (SSSR count). The topological polar surface area (TPSA) is 92.8 Å². The molecule has 0 aliphatic carbocycles. The maximum atomic E-state index is 12.7. The number of rotatable bonds is 7. The van der Waals surface area contributed by atoms with Crippen molar-refractivity contribution in [2.24, 2.45) is 0 Å². The van der Waals surface area contributed by atoms with Gasteiger partial charge in [0.2, 0.25) is 10.0 Å². The summed E-state index contributed by atoms with van der Waals surface area (Å²) in [6.45, 7) is 3.28. The first-order valence-corrected chi connectivity index (χ1v) is 10.4. The molecule has 0 bridgehead atoms. The second kappa shape index (κ2) is 9.68. The molecule has 0 atom stereocenters. The van der Waals surface area contributed by atoms with E-state index in [0.717, 1.165) is 25.7 Å². The molecule has 1 heterocycles. The third-order valence-electron chi connectivity index (χ3n) is 4.24. The smallest absolute Gasteiger partial charge is 0.307 e. The number of benzene rings is 1. The summed E-state index contributed by atoms with van der Waals surface area (Å²) < 4.78 is 31.7. The van der Waals surface area contributed by atoms with E-state index in [1.54, 1.807) is 6.92 Å². The van der Waals surface area contributed by atoms with Gasteiger partial charge in [0.25, 0.3) is 5.91 Å². The largest absolute Gasteiger partial charge is 0.466 e. The molecule has 1 amide bonds. The van der Waals surface area contributed by atoms with E-state index in [2.05, 4.69) is 5.32 Å². The van der Waals surface area contributed by atoms with Gasteiger partial charge in [0.05, 0.1) is 17.9 Å². The lowest BCUT2D eigenvalue weighted by atomic mass is 10.2. The van der Waals surface area contributed by atoms with Crippen LogP contribution in [0.2, 0.25) is 0 Å². The first kappa shape index (κ1) is 20.4. The van der Waals surface area contributed by atoms with Crippen LogP contribution in [0, 0.1) is 0 Å². The molecule has 1 N–H and O–H groups in total. The third-order valence-corrected chi connectivity index (χ3v) is 6.15. The fourth-order valence-corrected chi connectivity index (χ4v) is 4.34. The molecule has 7 nitrogen and oxygen atoms in total. The molecule has 1 fully saturated rings. The van der Waals surface area contributed by atoms with Crippen LogP contribution in [-0.4, -0.2) is 50.8 Å². The summed E-state index contributed by atoms with van der Waals surface area (Å²) >= 11 is 0. The predicted molar refractivity (Wildman–Crippen MR) is 97.3 cm³/mol. The fraction of sp³-hybridized carbons (Fsp3) is 0.556. The van der Waals surface area contributed by atoms with Crippen molar-refractivity contribution in [3.05, 3.63) is 29.8 Å². The Kier molecular flexibility index (Phi) is 7.59. The summed E-state index contributed by atoms with van der Waals surface area (Å²) in [6.07, 6.45) is 3.95. The Morgan fingerprint density at radius 2 is 1.69 bits per heavy atom. The molecule has 26 heavy (non-hydrogen) atoms. The molecular formula is C18H26N2O5S. The molecule has 1 aromatic rings. The molecule has 0 radical (unpaired) electrons.